The number of hydrogen-bond donors (Lipinski definition) is 1. The fourth-order valence-electron chi connectivity index (χ4n) is 2.19. The maximum absolute atomic E-state index is 12.6. The number of aryl methyl sites for hydroxylation is 1. The van der Waals surface area contributed by atoms with Crippen molar-refractivity contribution < 1.29 is 8.42 Å². The van der Waals surface area contributed by atoms with E-state index >= 15 is 0 Å². The first kappa shape index (κ1) is 15.4. The summed E-state index contributed by atoms with van der Waals surface area (Å²) in [7, 11) is -3.46. The standard InChI is InChI=1S/C16H20N2O2S/c1-3-18(15-10-8-13(2)9-11-15)21(19,20)12-14-6-4-5-7-16(14)17/h4-11H,3,12,17H2,1-2H3. The van der Waals surface area contributed by atoms with Crippen LogP contribution >= 0.6 is 0 Å². The first-order valence-corrected chi connectivity index (χ1v) is 8.45. The third-order valence-electron chi connectivity index (χ3n) is 3.34. The number of benzene rings is 2. The van der Waals surface area contributed by atoms with E-state index in [1.54, 1.807) is 24.3 Å². The minimum atomic E-state index is -3.46. The molecular weight excluding hydrogens is 284 g/mol. The van der Waals surface area contributed by atoms with E-state index in [1.807, 2.05) is 38.1 Å². The lowest BCUT2D eigenvalue weighted by molar-refractivity contribution is 0.591. The Kier molecular flexibility index (Phi) is 4.53. The number of para-hydroxylation sites is 1. The second-order valence-corrected chi connectivity index (χ2v) is 6.85. The first-order chi connectivity index (χ1) is 9.94. The lowest BCUT2D eigenvalue weighted by atomic mass is 10.2. The molecule has 2 N–H and O–H groups in total. The maximum atomic E-state index is 12.6. The Bertz CT molecular complexity index is 709. The highest BCUT2D eigenvalue weighted by molar-refractivity contribution is 7.92. The number of nitrogens with two attached hydrogens (primary N) is 1. The van der Waals surface area contributed by atoms with Crippen LogP contribution in [0.1, 0.15) is 18.1 Å². The van der Waals surface area contributed by atoms with Crippen molar-refractivity contribution in [3.05, 3.63) is 59.7 Å². The lowest BCUT2D eigenvalue weighted by Crippen LogP contribution is -2.32. The van der Waals surface area contributed by atoms with E-state index in [-0.39, 0.29) is 5.75 Å². The summed E-state index contributed by atoms with van der Waals surface area (Å²) in [4.78, 5) is 0. The monoisotopic (exact) mass is 304 g/mol. The summed E-state index contributed by atoms with van der Waals surface area (Å²) in [5.74, 6) is -0.0958. The average Bonchev–Trinajstić information content (AvgIpc) is 2.44. The number of sulfonamides is 1. The van der Waals surface area contributed by atoms with Crippen LogP contribution in [0.15, 0.2) is 48.5 Å². The van der Waals surface area contributed by atoms with Gasteiger partial charge in [-0.25, -0.2) is 8.42 Å². The topological polar surface area (TPSA) is 63.4 Å². The summed E-state index contributed by atoms with van der Waals surface area (Å²) in [5, 5.41) is 0. The fourth-order valence-corrected chi connectivity index (χ4v) is 3.84. The van der Waals surface area contributed by atoms with Crippen LogP contribution in [0.3, 0.4) is 0 Å². The Balaban J connectivity index is 2.32. The van der Waals surface area contributed by atoms with Gasteiger partial charge in [0.25, 0.3) is 0 Å². The van der Waals surface area contributed by atoms with Gasteiger partial charge in [-0.15, -0.1) is 0 Å². The molecule has 0 atom stereocenters. The second kappa shape index (κ2) is 6.18. The van der Waals surface area contributed by atoms with Crippen molar-refractivity contribution >= 4 is 21.4 Å². The molecule has 112 valence electrons. The normalized spacial score (nSPS) is 11.3. The molecule has 21 heavy (non-hydrogen) atoms. The summed E-state index contributed by atoms with van der Waals surface area (Å²) in [6.07, 6.45) is 0. The third-order valence-corrected chi connectivity index (χ3v) is 5.15. The van der Waals surface area contributed by atoms with E-state index in [0.717, 1.165) is 5.56 Å². The molecule has 0 aliphatic heterocycles. The zero-order chi connectivity index (χ0) is 15.5. The largest absolute Gasteiger partial charge is 0.398 e. The number of rotatable bonds is 5. The maximum Gasteiger partial charge on any atom is 0.239 e. The van der Waals surface area contributed by atoms with Crippen LogP contribution in [0, 0.1) is 6.92 Å². The smallest absolute Gasteiger partial charge is 0.239 e. The van der Waals surface area contributed by atoms with Crippen molar-refractivity contribution in [2.45, 2.75) is 19.6 Å². The Morgan fingerprint density at radius 3 is 2.24 bits per heavy atom. The zero-order valence-corrected chi connectivity index (χ0v) is 13.1. The molecule has 0 heterocycles. The molecule has 2 aromatic rings. The predicted octanol–water partition coefficient (Wildman–Crippen LogP) is 2.93. The molecule has 0 aliphatic rings. The minimum absolute atomic E-state index is 0.0958. The van der Waals surface area contributed by atoms with E-state index < -0.39 is 10.0 Å². The Morgan fingerprint density at radius 1 is 1.05 bits per heavy atom. The fraction of sp³-hybridized carbons (Fsp3) is 0.250. The molecular formula is C16H20N2O2S. The van der Waals surface area contributed by atoms with Crippen molar-refractivity contribution in [3.63, 3.8) is 0 Å². The Hall–Kier alpha value is -2.01. The Morgan fingerprint density at radius 2 is 1.67 bits per heavy atom. The SMILES string of the molecule is CCN(c1ccc(C)cc1)S(=O)(=O)Cc1ccccc1N. The van der Waals surface area contributed by atoms with E-state index in [1.165, 1.54) is 4.31 Å². The molecule has 5 heteroatoms. The average molecular weight is 304 g/mol. The highest BCUT2D eigenvalue weighted by Crippen LogP contribution is 2.23. The van der Waals surface area contributed by atoms with Gasteiger partial charge >= 0.3 is 0 Å². The molecule has 2 aromatic carbocycles. The van der Waals surface area contributed by atoms with Crippen molar-refractivity contribution in [1.82, 2.24) is 0 Å². The second-order valence-electron chi connectivity index (χ2n) is 4.96. The van der Waals surface area contributed by atoms with Crippen LogP contribution in [-0.4, -0.2) is 15.0 Å². The van der Waals surface area contributed by atoms with Gasteiger partial charge < -0.3 is 5.73 Å². The molecule has 0 saturated heterocycles. The predicted molar refractivity (Wildman–Crippen MR) is 87.7 cm³/mol. The van der Waals surface area contributed by atoms with Gasteiger partial charge in [0, 0.05) is 12.2 Å². The van der Waals surface area contributed by atoms with Crippen LogP contribution in [0.4, 0.5) is 11.4 Å². The highest BCUT2D eigenvalue weighted by Gasteiger charge is 2.22. The summed E-state index contributed by atoms with van der Waals surface area (Å²) >= 11 is 0. The van der Waals surface area contributed by atoms with Gasteiger partial charge in [-0.05, 0) is 37.6 Å². The first-order valence-electron chi connectivity index (χ1n) is 6.84. The van der Waals surface area contributed by atoms with E-state index in [2.05, 4.69) is 0 Å². The quantitative estimate of drug-likeness (QED) is 0.864. The summed E-state index contributed by atoms with van der Waals surface area (Å²) in [5.41, 5.74) is 8.75. The zero-order valence-electron chi connectivity index (χ0n) is 12.3. The van der Waals surface area contributed by atoms with E-state index in [4.69, 9.17) is 5.73 Å². The molecule has 2 rings (SSSR count). The Labute approximate surface area is 126 Å². The number of hydrogen-bond acceptors (Lipinski definition) is 3. The van der Waals surface area contributed by atoms with Crippen molar-refractivity contribution in [2.24, 2.45) is 0 Å². The van der Waals surface area contributed by atoms with Crippen LogP contribution < -0.4 is 10.0 Å². The number of anilines is 2. The summed E-state index contributed by atoms with van der Waals surface area (Å²) in [6, 6.07) is 14.5. The molecule has 0 aromatic heterocycles. The van der Waals surface area contributed by atoms with Crippen LogP contribution in [0.25, 0.3) is 0 Å². The molecule has 4 nitrogen and oxygen atoms in total. The van der Waals surface area contributed by atoms with Gasteiger partial charge in [-0.3, -0.25) is 4.31 Å². The lowest BCUT2D eigenvalue weighted by Gasteiger charge is -2.23. The van der Waals surface area contributed by atoms with Crippen LogP contribution in [-0.2, 0) is 15.8 Å². The van der Waals surface area contributed by atoms with Gasteiger partial charge in [-0.2, -0.15) is 0 Å². The molecule has 0 saturated carbocycles. The molecule has 0 spiro atoms. The molecule has 0 fully saturated rings. The molecule has 0 bridgehead atoms. The number of nitrogen functional groups attached to an aromatic ring is 1. The third kappa shape index (κ3) is 3.55. The van der Waals surface area contributed by atoms with Crippen molar-refractivity contribution in [1.29, 1.82) is 0 Å². The molecule has 0 amide bonds. The molecule has 0 aliphatic carbocycles. The van der Waals surface area contributed by atoms with Gasteiger partial charge in [0.1, 0.15) is 0 Å². The van der Waals surface area contributed by atoms with Gasteiger partial charge in [0.15, 0.2) is 0 Å². The highest BCUT2D eigenvalue weighted by atomic mass is 32.2. The van der Waals surface area contributed by atoms with Crippen LogP contribution in [0.2, 0.25) is 0 Å². The van der Waals surface area contributed by atoms with Crippen LogP contribution in [0.5, 0.6) is 0 Å². The van der Waals surface area contributed by atoms with Gasteiger partial charge in [0.2, 0.25) is 10.0 Å². The van der Waals surface area contributed by atoms with E-state index in [9.17, 15) is 8.42 Å². The van der Waals surface area contributed by atoms with Crippen molar-refractivity contribution in [2.75, 3.05) is 16.6 Å². The molecule has 0 unspecified atom stereocenters. The van der Waals surface area contributed by atoms with Gasteiger partial charge in [-0.1, -0.05) is 35.9 Å². The molecule has 0 radical (unpaired) electrons. The number of nitrogens with zero attached hydrogens (tertiary/aromatic N) is 1. The minimum Gasteiger partial charge on any atom is -0.398 e. The van der Waals surface area contributed by atoms with Crippen molar-refractivity contribution in [3.8, 4) is 0 Å². The van der Waals surface area contributed by atoms with Gasteiger partial charge in [0.05, 0.1) is 11.4 Å². The van der Waals surface area contributed by atoms with E-state index in [0.29, 0.717) is 23.5 Å². The summed E-state index contributed by atoms with van der Waals surface area (Å²) < 4.78 is 26.7. The summed E-state index contributed by atoms with van der Waals surface area (Å²) in [6.45, 7) is 4.18.